The van der Waals surface area contributed by atoms with Gasteiger partial charge in [0.15, 0.2) is 0 Å². The largest absolute Gasteiger partial charge is 0.268 e. The van der Waals surface area contributed by atoms with Crippen molar-refractivity contribution in [1.82, 2.24) is 9.38 Å². The fourth-order valence-electron chi connectivity index (χ4n) is 5.31. The number of nitrogens with zero attached hydrogens (tertiary/aromatic N) is 3. The number of anilines is 1. The van der Waals surface area contributed by atoms with Gasteiger partial charge in [-0.05, 0) is 67.5 Å². The van der Waals surface area contributed by atoms with Gasteiger partial charge in [-0.25, -0.2) is 9.88 Å². The molecule has 0 saturated heterocycles. The SMILES string of the molecule is CCCCc1nc2c3ccc4c5c(ccc(c(=O)n2c1CCCC)c53)C(=O)N(c1cccs1)C4=O. The Morgan fingerprint density at radius 2 is 1.51 bits per heavy atom. The first kappa shape index (κ1) is 21.9. The molecule has 0 saturated carbocycles. The molecule has 0 aliphatic carbocycles. The van der Waals surface area contributed by atoms with E-state index in [4.69, 9.17) is 4.98 Å². The molecule has 176 valence electrons. The third-order valence-electron chi connectivity index (χ3n) is 7.02. The standard InChI is InChI=1S/C28H25N3O3S/c1-3-5-8-20-21(9-6-4-2)30-25(29-20)16-11-12-18-24-19(14-13-17(23(16)24)26(30)32)28(34)31(27(18)33)22-10-7-15-35-22/h7,10-15H,3-6,8-9H2,1-2H3. The lowest BCUT2D eigenvalue weighted by atomic mass is 9.90. The van der Waals surface area contributed by atoms with Gasteiger partial charge >= 0.3 is 0 Å². The molecule has 1 aliphatic heterocycles. The second-order valence-electron chi connectivity index (χ2n) is 9.14. The first-order chi connectivity index (χ1) is 17.1. The number of amides is 2. The van der Waals surface area contributed by atoms with Gasteiger partial charge in [-0.3, -0.25) is 18.8 Å². The molecule has 0 bridgehead atoms. The number of fused-ring (bicyclic) bond motifs is 2. The number of benzene rings is 2. The van der Waals surface area contributed by atoms with Gasteiger partial charge < -0.3 is 0 Å². The smallest absolute Gasteiger partial charge is 0.266 e. The van der Waals surface area contributed by atoms with Crippen molar-refractivity contribution in [3.63, 3.8) is 0 Å². The van der Waals surface area contributed by atoms with Crippen LogP contribution in [0.4, 0.5) is 5.00 Å². The number of pyridine rings is 1. The number of thiophene rings is 1. The summed E-state index contributed by atoms with van der Waals surface area (Å²) in [5, 5.41) is 5.00. The molecule has 3 aromatic heterocycles. The summed E-state index contributed by atoms with van der Waals surface area (Å²) in [6.07, 6.45) is 5.71. The van der Waals surface area contributed by atoms with Crippen LogP contribution in [-0.2, 0) is 12.8 Å². The number of imidazole rings is 1. The van der Waals surface area contributed by atoms with Crippen LogP contribution in [0.3, 0.4) is 0 Å². The summed E-state index contributed by atoms with van der Waals surface area (Å²) in [5.74, 6) is -0.718. The number of rotatable bonds is 7. The molecule has 2 aromatic carbocycles. The number of imide groups is 1. The summed E-state index contributed by atoms with van der Waals surface area (Å²) in [5.41, 5.74) is 3.37. The maximum Gasteiger partial charge on any atom is 0.266 e. The zero-order valence-electron chi connectivity index (χ0n) is 19.8. The zero-order chi connectivity index (χ0) is 24.3. The lowest BCUT2D eigenvalue weighted by Gasteiger charge is -2.26. The molecule has 6 nitrogen and oxygen atoms in total. The number of hydrogen-bond acceptors (Lipinski definition) is 5. The quantitative estimate of drug-likeness (QED) is 0.267. The van der Waals surface area contributed by atoms with Crippen molar-refractivity contribution < 1.29 is 9.59 Å². The fraction of sp³-hybridized carbons (Fsp3) is 0.286. The Hall–Kier alpha value is -3.58. The minimum absolute atomic E-state index is 0.127. The average molecular weight is 484 g/mol. The highest BCUT2D eigenvalue weighted by molar-refractivity contribution is 7.14. The van der Waals surface area contributed by atoms with Crippen molar-refractivity contribution in [2.45, 2.75) is 52.4 Å². The molecule has 0 spiro atoms. The fourth-order valence-corrected chi connectivity index (χ4v) is 6.04. The van der Waals surface area contributed by atoms with E-state index >= 15 is 0 Å². The van der Waals surface area contributed by atoms with E-state index in [2.05, 4.69) is 13.8 Å². The predicted octanol–water partition coefficient (Wildman–Crippen LogP) is 5.99. The molecule has 1 aliphatic rings. The minimum Gasteiger partial charge on any atom is -0.268 e. The molecule has 5 aromatic rings. The monoisotopic (exact) mass is 483 g/mol. The van der Waals surface area contributed by atoms with Crippen molar-refractivity contribution in [2.75, 3.05) is 4.90 Å². The lowest BCUT2D eigenvalue weighted by Crippen LogP contribution is -2.40. The number of aryl methyl sites for hydroxylation is 2. The number of carbonyl (C=O) groups excluding carboxylic acids is 2. The molecule has 35 heavy (non-hydrogen) atoms. The summed E-state index contributed by atoms with van der Waals surface area (Å²) >= 11 is 1.35. The molecular weight excluding hydrogens is 458 g/mol. The van der Waals surface area contributed by atoms with Gasteiger partial charge in [-0.1, -0.05) is 26.7 Å². The van der Waals surface area contributed by atoms with Crippen LogP contribution in [0.2, 0.25) is 0 Å². The predicted molar refractivity (Wildman–Crippen MR) is 140 cm³/mol. The van der Waals surface area contributed by atoms with Gasteiger partial charge in [-0.15, -0.1) is 11.3 Å². The minimum atomic E-state index is -0.359. The number of aromatic nitrogens is 2. The molecule has 4 heterocycles. The second-order valence-corrected chi connectivity index (χ2v) is 10.1. The van der Waals surface area contributed by atoms with E-state index in [1.165, 1.54) is 16.2 Å². The van der Waals surface area contributed by atoms with Crippen LogP contribution < -0.4 is 10.5 Å². The molecule has 0 atom stereocenters. The average Bonchev–Trinajstić information content (AvgIpc) is 3.52. The summed E-state index contributed by atoms with van der Waals surface area (Å²) in [6.45, 7) is 4.30. The van der Waals surface area contributed by atoms with Gasteiger partial charge in [0.2, 0.25) is 0 Å². The normalized spacial score (nSPS) is 13.7. The Balaban J connectivity index is 1.68. The topological polar surface area (TPSA) is 71.8 Å². The van der Waals surface area contributed by atoms with Crippen LogP contribution >= 0.6 is 11.3 Å². The number of carbonyl (C=O) groups is 2. The molecule has 7 heteroatoms. The highest BCUT2D eigenvalue weighted by Gasteiger charge is 2.36. The summed E-state index contributed by atoms with van der Waals surface area (Å²) in [6, 6.07) is 10.7. The maximum absolute atomic E-state index is 13.9. The molecule has 2 amide bonds. The highest BCUT2D eigenvalue weighted by atomic mass is 32.1. The molecule has 0 N–H and O–H groups in total. The van der Waals surface area contributed by atoms with Gasteiger partial charge in [0.05, 0.1) is 5.69 Å². The number of unbranched alkanes of at least 4 members (excludes halogenated alkanes) is 2. The van der Waals surface area contributed by atoms with Crippen LogP contribution in [0.5, 0.6) is 0 Å². The van der Waals surface area contributed by atoms with Crippen molar-refractivity contribution in [3.05, 3.63) is 74.6 Å². The maximum atomic E-state index is 13.9. The van der Waals surface area contributed by atoms with Crippen LogP contribution in [-0.4, -0.2) is 21.2 Å². The number of hydrogen-bond donors (Lipinski definition) is 0. The van der Waals surface area contributed by atoms with E-state index in [0.717, 1.165) is 55.3 Å². The summed E-state index contributed by atoms with van der Waals surface area (Å²) in [4.78, 5) is 47.0. The van der Waals surface area contributed by atoms with E-state index in [1.807, 2.05) is 17.5 Å². The van der Waals surface area contributed by atoms with Crippen molar-refractivity contribution in [2.24, 2.45) is 0 Å². The van der Waals surface area contributed by atoms with Crippen LogP contribution in [0.15, 0.2) is 46.6 Å². The van der Waals surface area contributed by atoms with Crippen molar-refractivity contribution in [3.8, 4) is 0 Å². The van der Waals surface area contributed by atoms with E-state index in [-0.39, 0.29) is 17.4 Å². The first-order valence-corrected chi connectivity index (χ1v) is 13.1. The Bertz CT molecular complexity index is 1660. The zero-order valence-corrected chi connectivity index (χ0v) is 20.6. The van der Waals surface area contributed by atoms with E-state index in [0.29, 0.717) is 37.9 Å². The third-order valence-corrected chi connectivity index (χ3v) is 7.87. The van der Waals surface area contributed by atoms with Crippen LogP contribution in [0, 0.1) is 0 Å². The van der Waals surface area contributed by atoms with Crippen LogP contribution in [0.1, 0.15) is 71.6 Å². The van der Waals surface area contributed by atoms with Crippen molar-refractivity contribution >= 4 is 55.3 Å². The lowest BCUT2D eigenvalue weighted by molar-refractivity contribution is 0.0894. The Labute approximate surface area is 206 Å². The van der Waals surface area contributed by atoms with Gasteiger partial charge in [0, 0.05) is 38.4 Å². The van der Waals surface area contributed by atoms with E-state index in [9.17, 15) is 14.4 Å². The first-order valence-electron chi connectivity index (χ1n) is 12.2. The Kier molecular flexibility index (Phi) is 5.18. The van der Waals surface area contributed by atoms with E-state index < -0.39 is 0 Å². The van der Waals surface area contributed by atoms with Gasteiger partial charge in [0.1, 0.15) is 10.6 Å². The van der Waals surface area contributed by atoms with Crippen LogP contribution in [0.25, 0.3) is 27.2 Å². The van der Waals surface area contributed by atoms with Gasteiger partial charge in [-0.2, -0.15) is 0 Å². The molecule has 6 rings (SSSR count). The molecular formula is C28H25N3O3S. The molecule has 0 fully saturated rings. The third kappa shape index (κ3) is 3.07. The molecule has 0 radical (unpaired) electrons. The summed E-state index contributed by atoms with van der Waals surface area (Å²) < 4.78 is 1.78. The highest BCUT2D eigenvalue weighted by Crippen LogP contribution is 2.39. The Morgan fingerprint density at radius 1 is 0.829 bits per heavy atom. The second kappa shape index (κ2) is 8.27. The summed E-state index contributed by atoms with van der Waals surface area (Å²) in [7, 11) is 0. The van der Waals surface area contributed by atoms with Gasteiger partial charge in [0.25, 0.3) is 17.4 Å². The molecule has 0 unspecified atom stereocenters. The van der Waals surface area contributed by atoms with Crippen molar-refractivity contribution in [1.29, 1.82) is 0 Å². The van der Waals surface area contributed by atoms with E-state index in [1.54, 1.807) is 28.7 Å². The Morgan fingerprint density at radius 3 is 2.17 bits per heavy atom.